The van der Waals surface area contributed by atoms with Crippen LogP contribution in [0.2, 0.25) is 0 Å². The first-order chi connectivity index (χ1) is 14.2. The van der Waals surface area contributed by atoms with Crippen LogP contribution in [0.25, 0.3) is 11.0 Å². The maximum atomic E-state index is 13.6. The molecule has 0 fully saturated rings. The maximum Gasteiger partial charge on any atom is 0.453 e. The highest BCUT2D eigenvalue weighted by Gasteiger charge is 2.40. The van der Waals surface area contributed by atoms with E-state index in [0.29, 0.717) is 5.75 Å². The third-order valence-electron chi connectivity index (χ3n) is 3.85. The minimum atomic E-state index is -5.02. The summed E-state index contributed by atoms with van der Waals surface area (Å²) in [6.45, 7) is -0.357. The van der Waals surface area contributed by atoms with Crippen LogP contribution in [0.3, 0.4) is 0 Å². The Morgan fingerprint density at radius 2 is 1.63 bits per heavy atom. The molecule has 3 aromatic rings. The molecule has 0 saturated carbocycles. The average molecular weight is 424 g/mol. The molecule has 3 rings (SSSR count). The number of esters is 1. The van der Waals surface area contributed by atoms with Crippen molar-refractivity contribution >= 4 is 16.9 Å². The Labute approximate surface area is 167 Å². The Hall–Kier alpha value is -3.53. The van der Waals surface area contributed by atoms with E-state index in [2.05, 4.69) is 4.74 Å². The number of methoxy groups -OCH3 is 2. The summed E-state index contributed by atoms with van der Waals surface area (Å²) in [7, 11) is 2.71. The number of hydrogen-bond acceptors (Lipinski definition) is 7. The molecule has 0 atom stereocenters. The van der Waals surface area contributed by atoms with Crippen LogP contribution in [-0.4, -0.2) is 26.8 Å². The van der Waals surface area contributed by atoms with Crippen molar-refractivity contribution in [2.75, 3.05) is 20.8 Å². The first-order valence-electron chi connectivity index (χ1n) is 8.42. The van der Waals surface area contributed by atoms with E-state index in [4.69, 9.17) is 18.6 Å². The molecule has 0 spiro atoms. The molecular formula is C20H15F3O7. The Bertz CT molecular complexity index is 1120. The van der Waals surface area contributed by atoms with Crippen LogP contribution in [0.5, 0.6) is 23.0 Å². The number of hydrogen-bond donors (Lipinski definition) is 0. The number of rotatable bonds is 6. The summed E-state index contributed by atoms with van der Waals surface area (Å²) in [6, 6.07) is 9.06. The lowest BCUT2D eigenvalue weighted by molar-refractivity contribution is -0.154. The number of carbonyl (C=O) groups is 1. The van der Waals surface area contributed by atoms with E-state index in [-0.39, 0.29) is 23.5 Å². The molecule has 1 heterocycles. The molecule has 0 aliphatic heterocycles. The predicted octanol–water partition coefficient (Wildman–Crippen LogP) is 4.16. The predicted molar refractivity (Wildman–Crippen MR) is 98.1 cm³/mol. The van der Waals surface area contributed by atoms with Gasteiger partial charge in [-0.3, -0.25) is 4.79 Å². The Morgan fingerprint density at radius 3 is 2.23 bits per heavy atom. The van der Waals surface area contributed by atoms with Crippen molar-refractivity contribution in [1.29, 1.82) is 0 Å². The molecular weight excluding hydrogens is 409 g/mol. The molecule has 0 aliphatic rings. The van der Waals surface area contributed by atoms with Crippen molar-refractivity contribution < 1.29 is 41.3 Å². The fraction of sp³-hybridized carbons (Fsp3) is 0.200. The van der Waals surface area contributed by atoms with E-state index in [1.54, 1.807) is 0 Å². The van der Waals surface area contributed by atoms with E-state index in [1.807, 2.05) is 0 Å². The van der Waals surface area contributed by atoms with Gasteiger partial charge in [0.2, 0.25) is 11.2 Å². The number of alkyl halides is 3. The molecule has 0 bridgehead atoms. The summed E-state index contributed by atoms with van der Waals surface area (Å²) < 4.78 is 65.3. The van der Waals surface area contributed by atoms with Crippen molar-refractivity contribution in [2.24, 2.45) is 0 Å². The van der Waals surface area contributed by atoms with Gasteiger partial charge in [-0.2, -0.15) is 13.2 Å². The zero-order valence-electron chi connectivity index (χ0n) is 15.7. The van der Waals surface area contributed by atoms with Crippen molar-refractivity contribution in [1.82, 2.24) is 0 Å². The Kier molecular flexibility index (Phi) is 5.97. The molecule has 0 amide bonds. The highest BCUT2D eigenvalue weighted by Crippen LogP contribution is 2.38. The Balaban J connectivity index is 2.08. The summed E-state index contributed by atoms with van der Waals surface area (Å²) >= 11 is 0. The van der Waals surface area contributed by atoms with Crippen LogP contribution < -0.4 is 19.6 Å². The SMILES string of the molecule is COCC(=O)Oc1ccc2c(=O)c(Oc3ccc(OC)cc3)c(C(F)(F)F)oc2c1. The number of halogens is 3. The van der Waals surface area contributed by atoms with E-state index >= 15 is 0 Å². The lowest BCUT2D eigenvalue weighted by atomic mass is 10.2. The van der Waals surface area contributed by atoms with Gasteiger partial charge in [-0.1, -0.05) is 0 Å². The van der Waals surface area contributed by atoms with E-state index in [1.165, 1.54) is 50.6 Å². The minimum Gasteiger partial charge on any atom is -0.497 e. The van der Waals surface area contributed by atoms with Crippen LogP contribution >= 0.6 is 0 Å². The number of fused-ring (bicyclic) bond motifs is 1. The van der Waals surface area contributed by atoms with Crippen LogP contribution in [0.1, 0.15) is 5.76 Å². The van der Waals surface area contributed by atoms with Gasteiger partial charge in [0.05, 0.1) is 12.5 Å². The molecule has 0 N–H and O–H groups in total. The van der Waals surface area contributed by atoms with Gasteiger partial charge in [-0.25, -0.2) is 4.79 Å². The van der Waals surface area contributed by atoms with E-state index in [0.717, 1.165) is 6.07 Å². The molecule has 0 aliphatic carbocycles. The summed E-state index contributed by atoms with van der Waals surface area (Å²) in [5.41, 5.74) is -1.45. The van der Waals surface area contributed by atoms with Gasteiger partial charge in [-0.05, 0) is 36.4 Å². The number of carbonyl (C=O) groups excluding carboxylic acids is 1. The van der Waals surface area contributed by atoms with Crippen LogP contribution in [0.15, 0.2) is 51.7 Å². The molecule has 0 unspecified atom stereocenters. The fourth-order valence-electron chi connectivity index (χ4n) is 2.54. The molecule has 10 heteroatoms. The normalized spacial score (nSPS) is 11.4. The molecule has 30 heavy (non-hydrogen) atoms. The maximum absolute atomic E-state index is 13.6. The molecule has 158 valence electrons. The monoisotopic (exact) mass is 424 g/mol. The van der Waals surface area contributed by atoms with Crippen LogP contribution in [0.4, 0.5) is 13.2 Å². The van der Waals surface area contributed by atoms with Gasteiger partial charge in [-0.15, -0.1) is 0 Å². The molecule has 0 saturated heterocycles. The lowest BCUT2D eigenvalue weighted by Gasteiger charge is -2.14. The molecule has 7 nitrogen and oxygen atoms in total. The standard InChI is InChI=1S/C20H15F3O7/c1-26-10-16(24)28-13-7-8-14-15(9-13)30-19(20(21,22)23)18(17(14)25)29-12-5-3-11(27-2)4-6-12/h3-9H,10H2,1-2H3. The van der Waals surface area contributed by atoms with Crippen molar-refractivity contribution in [3.8, 4) is 23.0 Å². The second kappa shape index (κ2) is 8.46. The van der Waals surface area contributed by atoms with E-state index in [9.17, 15) is 22.8 Å². The summed E-state index contributed by atoms with van der Waals surface area (Å²) in [6.07, 6.45) is -5.02. The minimum absolute atomic E-state index is 0.0157. The van der Waals surface area contributed by atoms with Crippen LogP contribution in [0, 0.1) is 0 Å². The van der Waals surface area contributed by atoms with Gasteiger partial charge in [0.1, 0.15) is 29.4 Å². The third-order valence-corrected chi connectivity index (χ3v) is 3.85. The third kappa shape index (κ3) is 4.54. The summed E-state index contributed by atoms with van der Waals surface area (Å²) in [5, 5.41) is -0.182. The van der Waals surface area contributed by atoms with Crippen molar-refractivity contribution in [2.45, 2.75) is 6.18 Å². The van der Waals surface area contributed by atoms with Crippen molar-refractivity contribution in [3.63, 3.8) is 0 Å². The van der Waals surface area contributed by atoms with Gasteiger partial charge in [0.15, 0.2) is 0 Å². The summed E-state index contributed by atoms with van der Waals surface area (Å²) in [5.74, 6) is -3.06. The van der Waals surface area contributed by atoms with E-state index < -0.39 is 34.7 Å². The Morgan fingerprint density at radius 1 is 1.00 bits per heavy atom. The summed E-state index contributed by atoms with van der Waals surface area (Å²) in [4.78, 5) is 24.2. The highest BCUT2D eigenvalue weighted by molar-refractivity contribution is 5.81. The first-order valence-corrected chi connectivity index (χ1v) is 8.42. The second-order valence-corrected chi connectivity index (χ2v) is 5.93. The number of benzene rings is 2. The van der Waals surface area contributed by atoms with Gasteiger partial charge in [0.25, 0.3) is 5.76 Å². The zero-order chi connectivity index (χ0) is 21.9. The van der Waals surface area contributed by atoms with Gasteiger partial charge < -0.3 is 23.4 Å². The zero-order valence-corrected chi connectivity index (χ0v) is 15.7. The topological polar surface area (TPSA) is 84.2 Å². The quantitative estimate of drug-likeness (QED) is 0.434. The van der Waals surface area contributed by atoms with Gasteiger partial charge >= 0.3 is 12.1 Å². The first kappa shape index (κ1) is 21.2. The fourth-order valence-corrected chi connectivity index (χ4v) is 2.54. The lowest BCUT2D eigenvalue weighted by Crippen LogP contribution is -2.16. The van der Waals surface area contributed by atoms with Crippen molar-refractivity contribution in [3.05, 3.63) is 58.4 Å². The molecule has 0 radical (unpaired) electrons. The number of ether oxygens (including phenoxy) is 4. The average Bonchev–Trinajstić information content (AvgIpc) is 2.69. The molecule has 2 aromatic carbocycles. The second-order valence-electron chi connectivity index (χ2n) is 5.93. The smallest absolute Gasteiger partial charge is 0.453 e. The molecule has 1 aromatic heterocycles. The largest absolute Gasteiger partial charge is 0.497 e. The highest BCUT2D eigenvalue weighted by atomic mass is 19.4. The van der Waals surface area contributed by atoms with Gasteiger partial charge in [0, 0.05) is 13.2 Å². The van der Waals surface area contributed by atoms with Crippen LogP contribution in [-0.2, 0) is 15.7 Å².